The van der Waals surface area contributed by atoms with Gasteiger partial charge >= 0.3 is 11.9 Å². The molecule has 0 radical (unpaired) electrons. The van der Waals surface area contributed by atoms with Gasteiger partial charge in [0, 0.05) is 19.1 Å². The maximum absolute atomic E-state index is 10.6. The molecule has 6 heteroatoms. The SMILES string of the molecule is O=CCCC=NC(CCC(=O)O)C(=O)O. The molecule has 84 valence electrons. The molecule has 0 aliphatic rings. The van der Waals surface area contributed by atoms with Gasteiger partial charge in [-0.25, -0.2) is 4.79 Å². The van der Waals surface area contributed by atoms with Crippen LogP contribution in [0.4, 0.5) is 0 Å². The van der Waals surface area contributed by atoms with E-state index >= 15 is 0 Å². The molecule has 0 saturated carbocycles. The Morgan fingerprint density at radius 1 is 1.27 bits per heavy atom. The van der Waals surface area contributed by atoms with Crippen molar-refractivity contribution >= 4 is 24.4 Å². The van der Waals surface area contributed by atoms with Crippen LogP contribution in [0.5, 0.6) is 0 Å². The van der Waals surface area contributed by atoms with E-state index in [1.807, 2.05) is 0 Å². The Morgan fingerprint density at radius 2 is 1.93 bits per heavy atom. The van der Waals surface area contributed by atoms with Gasteiger partial charge in [0.15, 0.2) is 0 Å². The van der Waals surface area contributed by atoms with Crippen molar-refractivity contribution in [2.75, 3.05) is 0 Å². The molecule has 2 N–H and O–H groups in total. The molecule has 0 aliphatic heterocycles. The third-order valence-electron chi connectivity index (χ3n) is 1.62. The second-order valence-electron chi connectivity index (χ2n) is 2.86. The van der Waals surface area contributed by atoms with Crippen LogP contribution in [0.15, 0.2) is 4.99 Å². The van der Waals surface area contributed by atoms with Gasteiger partial charge in [0.05, 0.1) is 0 Å². The van der Waals surface area contributed by atoms with Crippen LogP contribution in [0.25, 0.3) is 0 Å². The molecule has 0 aromatic heterocycles. The summed E-state index contributed by atoms with van der Waals surface area (Å²) in [7, 11) is 0. The zero-order valence-electron chi connectivity index (χ0n) is 8.13. The number of nitrogens with zero attached hydrogens (tertiary/aromatic N) is 1. The molecule has 15 heavy (non-hydrogen) atoms. The molecule has 0 bridgehead atoms. The van der Waals surface area contributed by atoms with Crippen LogP contribution >= 0.6 is 0 Å². The molecule has 0 spiro atoms. The average Bonchev–Trinajstić information content (AvgIpc) is 2.15. The summed E-state index contributed by atoms with van der Waals surface area (Å²) in [5, 5.41) is 17.0. The van der Waals surface area contributed by atoms with Crippen LogP contribution in [0.2, 0.25) is 0 Å². The number of unbranched alkanes of at least 4 members (excludes halogenated alkanes) is 1. The summed E-state index contributed by atoms with van der Waals surface area (Å²) in [6.07, 6.45) is 2.44. The summed E-state index contributed by atoms with van der Waals surface area (Å²) < 4.78 is 0. The molecule has 0 rings (SSSR count). The first-order valence-corrected chi connectivity index (χ1v) is 4.47. The van der Waals surface area contributed by atoms with E-state index in [9.17, 15) is 14.4 Å². The van der Waals surface area contributed by atoms with Gasteiger partial charge in [-0.05, 0) is 12.8 Å². The fourth-order valence-electron chi connectivity index (χ4n) is 0.866. The van der Waals surface area contributed by atoms with E-state index in [1.165, 1.54) is 6.21 Å². The van der Waals surface area contributed by atoms with Gasteiger partial charge in [0.25, 0.3) is 0 Å². The fourth-order valence-corrected chi connectivity index (χ4v) is 0.866. The number of rotatable bonds is 8. The second-order valence-corrected chi connectivity index (χ2v) is 2.86. The number of aldehydes is 1. The van der Waals surface area contributed by atoms with Crippen molar-refractivity contribution in [1.29, 1.82) is 0 Å². The quantitative estimate of drug-likeness (QED) is 0.345. The van der Waals surface area contributed by atoms with E-state index in [4.69, 9.17) is 10.2 Å². The minimum atomic E-state index is -1.15. The third-order valence-corrected chi connectivity index (χ3v) is 1.62. The van der Waals surface area contributed by atoms with E-state index in [0.29, 0.717) is 12.7 Å². The lowest BCUT2D eigenvalue weighted by molar-refractivity contribution is -0.139. The summed E-state index contributed by atoms with van der Waals surface area (Å²) in [5.41, 5.74) is 0. The first-order chi connectivity index (χ1) is 7.07. The van der Waals surface area contributed by atoms with E-state index in [0.717, 1.165) is 0 Å². The number of hydrogen-bond acceptors (Lipinski definition) is 4. The predicted molar refractivity (Wildman–Crippen MR) is 52.1 cm³/mol. The molecule has 1 atom stereocenters. The molecule has 0 aliphatic carbocycles. The maximum atomic E-state index is 10.6. The molecule has 0 aromatic rings. The van der Waals surface area contributed by atoms with Crippen LogP contribution < -0.4 is 0 Å². The second kappa shape index (κ2) is 7.66. The normalized spacial score (nSPS) is 12.5. The van der Waals surface area contributed by atoms with Crippen LogP contribution in [-0.2, 0) is 14.4 Å². The van der Waals surface area contributed by atoms with E-state index in [-0.39, 0.29) is 19.3 Å². The number of aliphatic imine (C=N–C) groups is 1. The van der Waals surface area contributed by atoms with E-state index in [1.54, 1.807) is 0 Å². The molecule has 0 aromatic carbocycles. The van der Waals surface area contributed by atoms with Crippen molar-refractivity contribution in [3.05, 3.63) is 0 Å². The summed E-state index contributed by atoms with van der Waals surface area (Å²) in [6, 6.07) is -1.03. The number of aliphatic carboxylic acids is 2. The van der Waals surface area contributed by atoms with E-state index in [2.05, 4.69) is 4.99 Å². The lowest BCUT2D eigenvalue weighted by Crippen LogP contribution is -2.19. The van der Waals surface area contributed by atoms with Crippen molar-refractivity contribution in [2.45, 2.75) is 31.7 Å². The van der Waals surface area contributed by atoms with Crippen molar-refractivity contribution in [3.8, 4) is 0 Å². The lowest BCUT2D eigenvalue weighted by atomic mass is 10.1. The van der Waals surface area contributed by atoms with Gasteiger partial charge in [-0.1, -0.05) is 0 Å². The maximum Gasteiger partial charge on any atom is 0.328 e. The monoisotopic (exact) mass is 215 g/mol. The summed E-state index contributed by atoms with van der Waals surface area (Å²) in [4.78, 5) is 34.4. The van der Waals surface area contributed by atoms with Gasteiger partial charge < -0.3 is 15.0 Å². The van der Waals surface area contributed by atoms with Crippen LogP contribution in [0.1, 0.15) is 25.7 Å². The van der Waals surface area contributed by atoms with Crippen molar-refractivity contribution in [3.63, 3.8) is 0 Å². The topological polar surface area (TPSA) is 104 Å². The largest absolute Gasteiger partial charge is 0.481 e. The van der Waals surface area contributed by atoms with E-state index < -0.39 is 18.0 Å². The Labute approximate surface area is 86.6 Å². The van der Waals surface area contributed by atoms with Gasteiger partial charge in [0.1, 0.15) is 12.3 Å². The van der Waals surface area contributed by atoms with Gasteiger partial charge in [0.2, 0.25) is 0 Å². The molecule has 6 nitrogen and oxygen atoms in total. The fraction of sp³-hybridized carbons (Fsp3) is 0.556. The Bertz CT molecular complexity index is 261. The first kappa shape index (κ1) is 13.3. The summed E-state index contributed by atoms with van der Waals surface area (Å²) >= 11 is 0. The molecule has 0 amide bonds. The first-order valence-electron chi connectivity index (χ1n) is 4.47. The van der Waals surface area contributed by atoms with Crippen LogP contribution in [0, 0.1) is 0 Å². The highest BCUT2D eigenvalue weighted by molar-refractivity contribution is 5.77. The predicted octanol–water partition coefficient (Wildman–Crippen LogP) is 0.354. The summed E-state index contributed by atoms with van der Waals surface area (Å²) in [6.45, 7) is 0. The molecule has 0 fully saturated rings. The minimum absolute atomic E-state index is 0.0394. The Morgan fingerprint density at radius 3 is 2.40 bits per heavy atom. The number of carboxylic acid groups (broad SMARTS) is 2. The number of carbonyl (C=O) groups is 3. The Balaban J connectivity index is 4.03. The van der Waals surface area contributed by atoms with Gasteiger partial charge in [-0.3, -0.25) is 9.79 Å². The van der Waals surface area contributed by atoms with Gasteiger partial charge in [-0.2, -0.15) is 0 Å². The number of hydrogen-bond donors (Lipinski definition) is 2. The van der Waals surface area contributed by atoms with Crippen molar-refractivity contribution in [2.24, 2.45) is 4.99 Å². The zero-order valence-corrected chi connectivity index (χ0v) is 8.13. The molecule has 0 heterocycles. The molecule has 1 unspecified atom stereocenters. The zero-order chi connectivity index (χ0) is 11.7. The summed E-state index contributed by atoms with van der Waals surface area (Å²) in [5.74, 6) is -2.21. The standard InChI is InChI=1S/C9H13NO5/c11-6-2-1-5-10-7(9(14)15)3-4-8(12)13/h5-7H,1-4H2,(H,12,13)(H,14,15). The Hall–Kier alpha value is -1.72. The Kier molecular flexibility index (Phi) is 6.78. The van der Waals surface area contributed by atoms with Crippen molar-refractivity contribution in [1.82, 2.24) is 0 Å². The number of carbonyl (C=O) groups excluding carboxylic acids is 1. The smallest absolute Gasteiger partial charge is 0.328 e. The highest BCUT2D eigenvalue weighted by Crippen LogP contribution is 2.02. The highest BCUT2D eigenvalue weighted by atomic mass is 16.4. The lowest BCUT2D eigenvalue weighted by Gasteiger charge is -2.04. The van der Waals surface area contributed by atoms with Crippen LogP contribution in [-0.4, -0.2) is 40.7 Å². The highest BCUT2D eigenvalue weighted by Gasteiger charge is 2.16. The molecular formula is C9H13NO5. The number of carboxylic acids is 2. The van der Waals surface area contributed by atoms with Gasteiger partial charge in [-0.15, -0.1) is 0 Å². The minimum Gasteiger partial charge on any atom is -0.481 e. The molecule has 0 saturated heterocycles. The third kappa shape index (κ3) is 7.36. The van der Waals surface area contributed by atoms with Crippen LogP contribution in [0.3, 0.4) is 0 Å². The van der Waals surface area contributed by atoms with Crippen molar-refractivity contribution < 1.29 is 24.6 Å². The average molecular weight is 215 g/mol. The molecular weight excluding hydrogens is 202 g/mol.